The summed E-state index contributed by atoms with van der Waals surface area (Å²) in [5, 5.41) is 5.94. The van der Waals surface area contributed by atoms with Crippen molar-refractivity contribution in [2.45, 2.75) is 5.88 Å². The first-order chi connectivity index (χ1) is 12.5. The Kier molecular flexibility index (Phi) is 3.58. The van der Waals surface area contributed by atoms with Crippen LogP contribution in [0.15, 0.2) is 39.6 Å². The Morgan fingerprint density at radius 3 is 2.73 bits per heavy atom. The van der Waals surface area contributed by atoms with E-state index in [1.54, 1.807) is 24.3 Å². The maximum atomic E-state index is 12.5. The lowest BCUT2D eigenvalue weighted by molar-refractivity contribution is 0.0880. The fraction of sp³-hybridized carbons (Fsp3) is 0.0625. The molecule has 0 unspecified atom stereocenters. The van der Waals surface area contributed by atoms with Crippen molar-refractivity contribution >= 4 is 29.2 Å². The molecule has 2 amide bonds. The van der Waals surface area contributed by atoms with E-state index in [0.29, 0.717) is 17.1 Å². The number of amides is 2. The number of aromatic nitrogens is 3. The molecule has 0 radical (unpaired) electrons. The topological polar surface area (TPSA) is 133 Å². The fourth-order valence-electron chi connectivity index (χ4n) is 2.76. The van der Waals surface area contributed by atoms with Crippen LogP contribution in [-0.2, 0) is 5.88 Å². The zero-order chi connectivity index (χ0) is 18.4. The first kappa shape index (κ1) is 16.0. The van der Waals surface area contributed by atoms with Crippen molar-refractivity contribution in [3.05, 3.63) is 57.7 Å². The second-order valence-corrected chi connectivity index (χ2v) is 5.74. The molecular formula is C16H10ClN5O4. The summed E-state index contributed by atoms with van der Waals surface area (Å²) in [5.74, 6) is -0.776. The Morgan fingerprint density at radius 2 is 2.00 bits per heavy atom. The van der Waals surface area contributed by atoms with Crippen molar-refractivity contribution in [3.8, 4) is 17.1 Å². The smallest absolute Gasteiger partial charge is 0.262 e. The molecule has 0 fully saturated rings. The molecule has 2 aromatic heterocycles. The van der Waals surface area contributed by atoms with Crippen molar-refractivity contribution in [3.63, 3.8) is 0 Å². The summed E-state index contributed by atoms with van der Waals surface area (Å²) in [6, 6.07) is 7.72. The minimum absolute atomic E-state index is 0.0241. The van der Waals surface area contributed by atoms with E-state index in [2.05, 4.69) is 15.5 Å². The van der Waals surface area contributed by atoms with E-state index < -0.39 is 17.4 Å². The van der Waals surface area contributed by atoms with Crippen LogP contribution in [0.2, 0.25) is 0 Å². The number of nitrogens with one attached hydrogen (secondary N) is 1. The second-order valence-electron chi connectivity index (χ2n) is 5.47. The predicted octanol–water partition coefficient (Wildman–Crippen LogP) is 1.09. The molecule has 10 heteroatoms. The number of halogens is 1. The van der Waals surface area contributed by atoms with Gasteiger partial charge >= 0.3 is 0 Å². The third-order valence-electron chi connectivity index (χ3n) is 3.90. The highest BCUT2D eigenvalue weighted by atomic mass is 35.5. The Morgan fingerprint density at radius 1 is 1.19 bits per heavy atom. The van der Waals surface area contributed by atoms with Crippen LogP contribution in [0.1, 0.15) is 26.6 Å². The molecule has 26 heavy (non-hydrogen) atoms. The number of hydrogen-bond donors (Lipinski definition) is 2. The van der Waals surface area contributed by atoms with Crippen LogP contribution in [0.4, 0.5) is 5.82 Å². The largest absolute Gasteiger partial charge is 0.384 e. The molecule has 4 rings (SSSR count). The van der Waals surface area contributed by atoms with E-state index in [1.165, 1.54) is 0 Å². The maximum Gasteiger partial charge on any atom is 0.262 e. The third-order valence-corrected chi connectivity index (χ3v) is 4.13. The zero-order valence-corrected chi connectivity index (χ0v) is 13.8. The molecule has 1 aromatic carbocycles. The average Bonchev–Trinajstić information content (AvgIpc) is 3.20. The zero-order valence-electron chi connectivity index (χ0n) is 13.0. The van der Waals surface area contributed by atoms with Crippen LogP contribution in [0, 0.1) is 0 Å². The number of hydrogen-bond acceptors (Lipinski definition) is 7. The van der Waals surface area contributed by atoms with Gasteiger partial charge in [0.1, 0.15) is 11.7 Å². The van der Waals surface area contributed by atoms with Gasteiger partial charge in [-0.2, -0.15) is 4.98 Å². The number of imide groups is 1. The normalized spacial score (nSPS) is 13.0. The Balaban J connectivity index is 1.88. The average molecular weight is 372 g/mol. The predicted molar refractivity (Wildman–Crippen MR) is 91.1 cm³/mol. The van der Waals surface area contributed by atoms with Gasteiger partial charge in [0.25, 0.3) is 17.4 Å². The number of carbonyl (C=O) groups is 2. The molecular weight excluding hydrogens is 362 g/mol. The lowest BCUT2D eigenvalue weighted by Gasteiger charge is -2.12. The minimum atomic E-state index is -0.643. The molecule has 3 heterocycles. The second kappa shape index (κ2) is 5.81. The van der Waals surface area contributed by atoms with Gasteiger partial charge in [-0.15, -0.1) is 11.6 Å². The first-order valence-electron chi connectivity index (χ1n) is 7.40. The molecule has 0 saturated heterocycles. The number of nitrogen functional groups attached to an aromatic ring is 1. The number of benzene rings is 1. The fourth-order valence-corrected chi connectivity index (χ4v) is 2.86. The summed E-state index contributed by atoms with van der Waals surface area (Å²) >= 11 is 5.65. The van der Waals surface area contributed by atoms with Crippen molar-refractivity contribution in [1.29, 1.82) is 0 Å². The third kappa shape index (κ3) is 2.37. The van der Waals surface area contributed by atoms with E-state index in [0.717, 1.165) is 10.6 Å². The summed E-state index contributed by atoms with van der Waals surface area (Å²) in [6.07, 6.45) is 0. The highest BCUT2D eigenvalue weighted by Gasteiger charge is 2.31. The van der Waals surface area contributed by atoms with Crippen molar-refractivity contribution in [2.24, 2.45) is 0 Å². The van der Waals surface area contributed by atoms with Crippen LogP contribution in [0.5, 0.6) is 0 Å². The van der Waals surface area contributed by atoms with E-state index in [-0.39, 0.29) is 28.7 Å². The van der Waals surface area contributed by atoms with Gasteiger partial charge in [-0.25, -0.2) is 0 Å². The van der Waals surface area contributed by atoms with Crippen LogP contribution >= 0.6 is 11.6 Å². The van der Waals surface area contributed by atoms with Crippen molar-refractivity contribution in [2.75, 3.05) is 5.73 Å². The van der Waals surface area contributed by atoms with Crippen LogP contribution in [0.25, 0.3) is 17.1 Å². The van der Waals surface area contributed by atoms with Crippen molar-refractivity contribution in [1.82, 2.24) is 20.0 Å². The maximum absolute atomic E-state index is 12.5. The van der Waals surface area contributed by atoms with Gasteiger partial charge in [0.2, 0.25) is 11.7 Å². The van der Waals surface area contributed by atoms with Gasteiger partial charge in [0, 0.05) is 11.6 Å². The summed E-state index contributed by atoms with van der Waals surface area (Å²) in [7, 11) is 0. The number of anilines is 1. The van der Waals surface area contributed by atoms with Crippen LogP contribution in [-0.4, -0.2) is 26.5 Å². The molecule has 1 aliphatic heterocycles. The highest BCUT2D eigenvalue weighted by Crippen LogP contribution is 2.25. The molecule has 1 aliphatic rings. The number of alkyl halides is 1. The number of rotatable bonds is 3. The number of fused-ring (bicyclic) bond motifs is 1. The van der Waals surface area contributed by atoms with Gasteiger partial charge in [-0.1, -0.05) is 17.3 Å². The Labute approximate surface area is 150 Å². The van der Waals surface area contributed by atoms with Gasteiger partial charge in [0.15, 0.2) is 0 Å². The standard InChI is InChI=1S/C16H10ClN5O4/c17-6-10-19-14(21-26-10)7-2-1-3-8(4-7)22-11(23)5-9-12(13(22)18)16(25)20-15(9)24/h1-5H,6,18H2,(H,20,24,25). The van der Waals surface area contributed by atoms with Gasteiger partial charge < -0.3 is 10.3 Å². The van der Waals surface area contributed by atoms with Crippen LogP contribution < -0.4 is 16.6 Å². The van der Waals surface area contributed by atoms with Gasteiger partial charge in [-0.3, -0.25) is 24.3 Å². The van der Waals surface area contributed by atoms with Gasteiger partial charge in [0.05, 0.1) is 16.8 Å². The Bertz CT molecular complexity index is 1130. The number of nitrogens with zero attached hydrogens (tertiary/aromatic N) is 3. The summed E-state index contributed by atoms with van der Waals surface area (Å²) < 4.78 is 6.11. The summed E-state index contributed by atoms with van der Waals surface area (Å²) in [6.45, 7) is 0. The molecule has 0 spiro atoms. The minimum Gasteiger partial charge on any atom is -0.384 e. The van der Waals surface area contributed by atoms with Crippen molar-refractivity contribution < 1.29 is 14.1 Å². The summed E-state index contributed by atoms with van der Waals surface area (Å²) in [5.41, 5.74) is 6.37. The molecule has 3 aromatic rings. The SMILES string of the molecule is Nc1c2c(cc(=O)n1-c1cccc(-c3noc(CCl)n3)c1)C(=O)NC2=O. The number of carbonyl (C=O) groups excluding carboxylic acids is 2. The molecule has 0 atom stereocenters. The molecule has 3 N–H and O–H groups in total. The Hall–Kier alpha value is -3.46. The molecule has 0 aliphatic carbocycles. The first-order valence-corrected chi connectivity index (χ1v) is 7.93. The van der Waals surface area contributed by atoms with E-state index >= 15 is 0 Å². The quantitative estimate of drug-likeness (QED) is 0.520. The highest BCUT2D eigenvalue weighted by molar-refractivity contribution is 6.23. The molecule has 0 saturated carbocycles. The van der Waals surface area contributed by atoms with E-state index in [1.807, 2.05) is 0 Å². The summed E-state index contributed by atoms with van der Waals surface area (Å²) in [4.78, 5) is 40.3. The molecule has 0 bridgehead atoms. The number of nitrogens with two attached hydrogens (primary N) is 1. The van der Waals surface area contributed by atoms with E-state index in [9.17, 15) is 14.4 Å². The molecule has 9 nitrogen and oxygen atoms in total. The van der Waals surface area contributed by atoms with Crippen LogP contribution in [0.3, 0.4) is 0 Å². The number of pyridine rings is 1. The van der Waals surface area contributed by atoms with Gasteiger partial charge in [-0.05, 0) is 12.1 Å². The monoisotopic (exact) mass is 371 g/mol. The lowest BCUT2D eigenvalue weighted by atomic mass is 10.1. The lowest BCUT2D eigenvalue weighted by Crippen LogP contribution is -2.24. The van der Waals surface area contributed by atoms with E-state index in [4.69, 9.17) is 21.9 Å². The molecule has 130 valence electrons.